The van der Waals surface area contributed by atoms with E-state index in [0.717, 1.165) is 12.8 Å². The van der Waals surface area contributed by atoms with Gasteiger partial charge in [-0.15, -0.1) is 0 Å². The van der Waals surface area contributed by atoms with Crippen LogP contribution in [0.4, 0.5) is 0 Å². The van der Waals surface area contributed by atoms with Crippen molar-refractivity contribution in [3.63, 3.8) is 0 Å². The molecule has 4 atom stereocenters. The van der Waals surface area contributed by atoms with Crippen LogP contribution < -0.4 is 14.8 Å². The molecule has 1 amide bonds. The monoisotopic (exact) mass is 317 g/mol. The Morgan fingerprint density at radius 2 is 2.26 bits per heavy atom. The van der Waals surface area contributed by atoms with Gasteiger partial charge in [-0.2, -0.15) is 0 Å². The zero-order chi connectivity index (χ0) is 16.2. The predicted octanol–water partition coefficient (Wildman–Crippen LogP) is 2.03. The number of carboxylic acid groups (broad SMARTS) is 1. The highest BCUT2D eigenvalue weighted by molar-refractivity contribution is 5.98. The van der Waals surface area contributed by atoms with E-state index in [9.17, 15) is 14.7 Å². The van der Waals surface area contributed by atoms with Crippen LogP contribution in [-0.4, -0.2) is 29.8 Å². The summed E-state index contributed by atoms with van der Waals surface area (Å²) >= 11 is 0. The summed E-state index contributed by atoms with van der Waals surface area (Å²) in [6, 6.07) is 5.15. The minimum Gasteiger partial charge on any atom is -0.497 e. The minimum atomic E-state index is -0.773. The molecule has 23 heavy (non-hydrogen) atoms. The quantitative estimate of drug-likeness (QED) is 0.872. The van der Waals surface area contributed by atoms with Crippen LogP contribution in [0.2, 0.25) is 0 Å². The molecule has 6 heteroatoms. The van der Waals surface area contributed by atoms with Crippen LogP contribution in [0, 0.1) is 17.8 Å². The van der Waals surface area contributed by atoms with E-state index in [-0.39, 0.29) is 23.7 Å². The molecule has 0 unspecified atom stereocenters. The van der Waals surface area contributed by atoms with E-state index in [0.29, 0.717) is 29.9 Å². The number of fused-ring (bicyclic) bond motifs is 3. The zero-order valence-corrected chi connectivity index (χ0v) is 12.9. The van der Waals surface area contributed by atoms with Crippen molar-refractivity contribution in [1.82, 2.24) is 5.32 Å². The Balaban J connectivity index is 1.69. The van der Waals surface area contributed by atoms with Gasteiger partial charge in [-0.25, -0.2) is 0 Å². The number of aliphatic carboxylic acids is 1. The SMILES string of the molecule is COc1ccc2c(c1)O[C@@]1(C[C@H]3CC[C@H]1C[C@@H]3C(=O)O)NC2=O. The summed E-state index contributed by atoms with van der Waals surface area (Å²) < 4.78 is 11.4. The van der Waals surface area contributed by atoms with Crippen LogP contribution >= 0.6 is 0 Å². The van der Waals surface area contributed by atoms with Crippen LogP contribution in [0.1, 0.15) is 36.0 Å². The number of carbonyl (C=O) groups is 2. The van der Waals surface area contributed by atoms with Gasteiger partial charge in [-0.05, 0) is 37.3 Å². The molecular weight excluding hydrogens is 298 g/mol. The van der Waals surface area contributed by atoms with Gasteiger partial charge in [0.25, 0.3) is 5.91 Å². The zero-order valence-electron chi connectivity index (χ0n) is 12.9. The Bertz CT molecular complexity index is 688. The summed E-state index contributed by atoms with van der Waals surface area (Å²) in [5.41, 5.74) is -0.279. The van der Waals surface area contributed by atoms with Crippen LogP contribution in [0.25, 0.3) is 0 Å². The molecule has 0 radical (unpaired) electrons. The number of benzene rings is 1. The van der Waals surface area contributed by atoms with Crippen molar-refractivity contribution in [2.24, 2.45) is 17.8 Å². The smallest absolute Gasteiger partial charge is 0.306 e. The Morgan fingerprint density at radius 3 is 2.91 bits per heavy atom. The summed E-state index contributed by atoms with van der Waals surface area (Å²) in [6.07, 6.45) is 2.87. The number of hydrogen-bond acceptors (Lipinski definition) is 4. The second kappa shape index (κ2) is 4.88. The second-order valence-corrected chi connectivity index (χ2v) is 6.73. The second-order valence-electron chi connectivity index (χ2n) is 6.73. The van der Waals surface area contributed by atoms with Gasteiger partial charge in [-0.1, -0.05) is 0 Å². The molecule has 1 aromatic rings. The van der Waals surface area contributed by atoms with Crippen LogP contribution in [-0.2, 0) is 4.79 Å². The number of amides is 1. The van der Waals surface area contributed by atoms with E-state index >= 15 is 0 Å². The fraction of sp³-hybridized carbons (Fsp3) is 0.529. The van der Waals surface area contributed by atoms with Crippen molar-refractivity contribution in [2.45, 2.75) is 31.4 Å². The molecule has 1 spiro atoms. The molecule has 1 aromatic carbocycles. The molecule has 3 saturated carbocycles. The van der Waals surface area contributed by atoms with Crippen molar-refractivity contribution in [2.75, 3.05) is 7.11 Å². The lowest BCUT2D eigenvalue weighted by atomic mass is 9.60. The van der Waals surface area contributed by atoms with E-state index in [2.05, 4.69) is 5.32 Å². The molecule has 0 saturated heterocycles. The first-order valence-electron chi connectivity index (χ1n) is 7.95. The lowest BCUT2D eigenvalue weighted by molar-refractivity contribution is -0.161. The van der Waals surface area contributed by atoms with Crippen LogP contribution in [0.15, 0.2) is 18.2 Å². The maximum absolute atomic E-state index is 12.5. The van der Waals surface area contributed by atoms with E-state index in [4.69, 9.17) is 9.47 Å². The van der Waals surface area contributed by atoms with Gasteiger partial charge in [0.15, 0.2) is 5.72 Å². The van der Waals surface area contributed by atoms with Crippen LogP contribution in [0.5, 0.6) is 11.5 Å². The maximum atomic E-state index is 12.5. The number of hydrogen-bond donors (Lipinski definition) is 2. The summed E-state index contributed by atoms with van der Waals surface area (Å²) in [5, 5.41) is 12.4. The van der Waals surface area contributed by atoms with Crippen molar-refractivity contribution >= 4 is 11.9 Å². The van der Waals surface area contributed by atoms with Crippen molar-refractivity contribution in [3.05, 3.63) is 23.8 Å². The molecule has 3 aliphatic carbocycles. The van der Waals surface area contributed by atoms with Gasteiger partial charge >= 0.3 is 5.97 Å². The third-order valence-corrected chi connectivity index (χ3v) is 5.59. The number of carboxylic acids is 1. The summed E-state index contributed by atoms with van der Waals surface area (Å²) in [5.74, 6) is 0.00559. The standard InChI is InChI=1S/C17H19NO5/c1-22-11-4-5-12-14(7-11)23-17(18-15(12)19)8-9-2-3-10(17)6-13(9)16(20)21/h4-5,7,9-10,13H,2-3,6,8H2,1H3,(H,18,19)(H,20,21)/t9-,10+,13+,17-/m1/s1. The number of methoxy groups -OCH3 is 1. The van der Waals surface area contributed by atoms with Crippen LogP contribution in [0.3, 0.4) is 0 Å². The maximum Gasteiger partial charge on any atom is 0.306 e. The third kappa shape index (κ3) is 2.08. The number of ether oxygens (including phenoxy) is 2. The van der Waals surface area contributed by atoms with Gasteiger partial charge in [-0.3, -0.25) is 9.59 Å². The third-order valence-electron chi connectivity index (χ3n) is 5.59. The van der Waals surface area contributed by atoms with Crippen molar-refractivity contribution in [1.29, 1.82) is 0 Å². The highest BCUT2D eigenvalue weighted by atomic mass is 16.5. The Labute approximate surface area is 133 Å². The summed E-state index contributed by atoms with van der Waals surface area (Å²) in [4.78, 5) is 23.9. The Kier molecular flexibility index (Phi) is 3.04. The largest absolute Gasteiger partial charge is 0.497 e. The Morgan fingerprint density at radius 1 is 1.43 bits per heavy atom. The highest BCUT2D eigenvalue weighted by Crippen LogP contribution is 2.52. The first kappa shape index (κ1) is 14.4. The normalized spacial score (nSPS) is 34.5. The van der Waals surface area contributed by atoms with E-state index in [1.165, 1.54) is 0 Å². The van der Waals surface area contributed by atoms with Gasteiger partial charge < -0.3 is 19.9 Å². The van der Waals surface area contributed by atoms with E-state index in [1.807, 2.05) is 0 Å². The van der Waals surface area contributed by atoms with Gasteiger partial charge in [0, 0.05) is 18.4 Å². The lowest BCUT2D eigenvalue weighted by Crippen LogP contribution is -2.66. The molecule has 1 aliphatic heterocycles. The summed E-state index contributed by atoms with van der Waals surface area (Å²) in [6.45, 7) is 0. The van der Waals surface area contributed by atoms with Gasteiger partial charge in [0.2, 0.25) is 0 Å². The molecule has 2 N–H and O–H groups in total. The van der Waals surface area contributed by atoms with E-state index < -0.39 is 11.7 Å². The molecule has 4 aliphatic rings. The molecule has 122 valence electrons. The average molecular weight is 317 g/mol. The van der Waals surface area contributed by atoms with Crippen molar-refractivity contribution < 1.29 is 24.2 Å². The fourth-order valence-corrected chi connectivity index (χ4v) is 4.42. The van der Waals surface area contributed by atoms with Gasteiger partial charge in [0.05, 0.1) is 18.6 Å². The van der Waals surface area contributed by atoms with Gasteiger partial charge in [0.1, 0.15) is 11.5 Å². The molecule has 5 rings (SSSR count). The predicted molar refractivity (Wildman–Crippen MR) is 80.4 cm³/mol. The minimum absolute atomic E-state index is 0.0249. The molecular formula is C17H19NO5. The Hall–Kier alpha value is -2.24. The number of carbonyl (C=O) groups excluding carboxylic acids is 1. The number of nitrogens with one attached hydrogen (secondary N) is 1. The average Bonchev–Trinajstić information content (AvgIpc) is 2.54. The van der Waals surface area contributed by atoms with E-state index in [1.54, 1.807) is 25.3 Å². The topological polar surface area (TPSA) is 84.9 Å². The molecule has 1 heterocycles. The number of rotatable bonds is 2. The first-order valence-corrected chi connectivity index (χ1v) is 7.95. The fourth-order valence-electron chi connectivity index (χ4n) is 4.42. The molecule has 3 fully saturated rings. The highest BCUT2D eigenvalue weighted by Gasteiger charge is 2.57. The van der Waals surface area contributed by atoms with Crippen molar-refractivity contribution in [3.8, 4) is 11.5 Å². The summed E-state index contributed by atoms with van der Waals surface area (Å²) in [7, 11) is 1.57. The first-order chi connectivity index (χ1) is 11.0. The molecule has 6 nitrogen and oxygen atoms in total. The molecule has 2 bridgehead atoms. The molecule has 0 aromatic heterocycles. The lowest BCUT2D eigenvalue weighted by Gasteiger charge is -2.54.